The molecule has 0 spiro atoms. The molecule has 22 heavy (non-hydrogen) atoms. The smallest absolute Gasteiger partial charge is 0.0540 e. The van der Waals surface area contributed by atoms with E-state index in [2.05, 4.69) is 31.2 Å². The molecule has 0 radical (unpaired) electrons. The Kier molecular flexibility index (Phi) is 3.75. The lowest BCUT2D eigenvalue weighted by Crippen LogP contribution is -1.97. The van der Waals surface area contributed by atoms with E-state index in [1.165, 1.54) is 11.1 Å². The van der Waals surface area contributed by atoms with Gasteiger partial charge in [0.05, 0.1) is 5.71 Å². The number of nitrogens with two attached hydrogens (primary N) is 1. The number of hydrogen-bond acceptors (Lipinski definition) is 2. The first-order valence-electron chi connectivity index (χ1n) is 7.25. The van der Waals surface area contributed by atoms with E-state index in [-0.39, 0.29) is 0 Å². The average molecular weight is 286 g/mol. The number of hydrogen-bond donors (Lipinski definition) is 2. The fraction of sp³-hybridized carbons (Fsp3) is 0.0500. The molecule has 0 fully saturated rings. The summed E-state index contributed by atoms with van der Waals surface area (Å²) < 4.78 is 0. The molecule has 0 saturated heterocycles. The van der Waals surface area contributed by atoms with Crippen LogP contribution in [0.4, 0.5) is 5.69 Å². The van der Waals surface area contributed by atoms with Crippen molar-refractivity contribution in [2.24, 2.45) is 0 Å². The average Bonchev–Trinajstić information content (AvgIpc) is 2.51. The molecule has 1 aliphatic rings. The second-order valence-corrected chi connectivity index (χ2v) is 5.44. The van der Waals surface area contributed by atoms with Gasteiger partial charge in [-0.1, -0.05) is 54.1 Å². The Morgan fingerprint density at radius 2 is 1.55 bits per heavy atom. The minimum absolute atomic E-state index is 0.518. The summed E-state index contributed by atoms with van der Waals surface area (Å²) in [7, 11) is 0. The Balaban J connectivity index is 2.21. The molecule has 1 aliphatic carbocycles. The standard InChI is InChI=1S/C20H18N2/c1-14-3-2-4-17(13-14)20(15-5-9-18(21)10-6-15)16-7-11-19(22)12-8-16/h2-13,21H,22H2,1H3. The summed E-state index contributed by atoms with van der Waals surface area (Å²) in [5, 5.41) is 7.68. The molecule has 0 heterocycles. The van der Waals surface area contributed by atoms with Gasteiger partial charge in [-0.25, -0.2) is 0 Å². The van der Waals surface area contributed by atoms with Crippen molar-refractivity contribution in [3.8, 4) is 0 Å². The highest BCUT2D eigenvalue weighted by atomic mass is 14.5. The first-order valence-corrected chi connectivity index (χ1v) is 7.25. The number of aryl methyl sites for hydroxylation is 1. The minimum Gasteiger partial charge on any atom is -0.399 e. The van der Waals surface area contributed by atoms with Crippen LogP contribution in [0.3, 0.4) is 0 Å². The number of nitrogen functional groups attached to an aromatic ring is 1. The third-order valence-corrected chi connectivity index (χ3v) is 3.68. The van der Waals surface area contributed by atoms with Crippen molar-refractivity contribution in [2.45, 2.75) is 6.92 Å². The van der Waals surface area contributed by atoms with Crippen LogP contribution in [0, 0.1) is 12.3 Å². The number of benzene rings is 2. The molecule has 0 unspecified atom stereocenters. The molecule has 2 heteroatoms. The maximum Gasteiger partial charge on any atom is 0.0540 e. The van der Waals surface area contributed by atoms with Crippen LogP contribution in [0.5, 0.6) is 0 Å². The van der Waals surface area contributed by atoms with Crippen molar-refractivity contribution in [3.63, 3.8) is 0 Å². The van der Waals surface area contributed by atoms with Crippen molar-refractivity contribution in [2.75, 3.05) is 5.73 Å². The molecule has 0 bridgehead atoms. The van der Waals surface area contributed by atoms with Gasteiger partial charge in [-0.05, 0) is 53.5 Å². The lowest BCUT2D eigenvalue weighted by Gasteiger charge is -2.14. The van der Waals surface area contributed by atoms with Gasteiger partial charge in [0.1, 0.15) is 0 Å². The molecular weight excluding hydrogens is 268 g/mol. The molecule has 3 rings (SSSR count). The molecule has 108 valence electrons. The topological polar surface area (TPSA) is 49.9 Å². The Hall–Kier alpha value is -2.87. The van der Waals surface area contributed by atoms with Crippen LogP contribution in [0.25, 0.3) is 5.57 Å². The lowest BCUT2D eigenvalue weighted by atomic mass is 9.90. The summed E-state index contributed by atoms with van der Waals surface area (Å²) in [5.74, 6) is 0. The summed E-state index contributed by atoms with van der Waals surface area (Å²) in [6.45, 7) is 2.09. The van der Waals surface area contributed by atoms with Crippen LogP contribution in [-0.4, -0.2) is 5.71 Å². The van der Waals surface area contributed by atoms with Gasteiger partial charge >= 0.3 is 0 Å². The van der Waals surface area contributed by atoms with Gasteiger partial charge in [-0.15, -0.1) is 0 Å². The van der Waals surface area contributed by atoms with E-state index >= 15 is 0 Å². The molecule has 0 aliphatic heterocycles. The Morgan fingerprint density at radius 3 is 2.18 bits per heavy atom. The largest absolute Gasteiger partial charge is 0.399 e. The number of rotatable bonds is 2. The summed E-state index contributed by atoms with van der Waals surface area (Å²) in [6, 6.07) is 16.4. The fourth-order valence-corrected chi connectivity index (χ4v) is 2.59. The first kappa shape index (κ1) is 14.1. The van der Waals surface area contributed by atoms with Crippen molar-refractivity contribution >= 4 is 17.0 Å². The highest BCUT2D eigenvalue weighted by Gasteiger charge is 2.11. The number of nitrogens with one attached hydrogen (secondary N) is 1. The van der Waals surface area contributed by atoms with Crippen molar-refractivity contribution in [1.82, 2.24) is 0 Å². The molecule has 2 aromatic rings. The third-order valence-electron chi connectivity index (χ3n) is 3.68. The summed E-state index contributed by atoms with van der Waals surface area (Å²) in [4.78, 5) is 0. The summed E-state index contributed by atoms with van der Waals surface area (Å²) in [5.41, 5.74) is 12.9. The van der Waals surface area contributed by atoms with Crippen molar-refractivity contribution in [1.29, 1.82) is 5.41 Å². The number of anilines is 1. The summed E-state index contributed by atoms with van der Waals surface area (Å²) in [6.07, 6.45) is 7.64. The normalized spacial score (nSPS) is 13.5. The molecular formula is C20H18N2. The van der Waals surface area contributed by atoms with E-state index < -0.39 is 0 Å². The first-order chi connectivity index (χ1) is 10.6. The maximum absolute atomic E-state index is 7.68. The molecule has 3 N–H and O–H groups in total. The van der Waals surface area contributed by atoms with Gasteiger partial charge < -0.3 is 11.1 Å². The van der Waals surface area contributed by atoms with Gasteiger partial charge in [0.15, 0.2) is 0 Å². The van der Waals surface area contributed by atoms with Gasteiger partial charge in [-0.3, -0.25) is 0 Å². The summed E-state index contributed by atoms with van der Waals surface area (Å²) >= 11 is 0. The predicted octanol–water partition coefficient (Wildman–Crippen LogP) is 4.52. The molecule has 0 aromatic heterocycles. The molecule has 0 amide bonds. The van der Waals surface area contributed by atoms with Crippen LogP contribution in [0.2, 0.25) is 0 Å². The van der Waals surface area contributed by atoms with Gasteiger partial charge in [-0.2, -0.15) is 0 Å². The van der Waals surface area contributed by atoms with Crippen molar-refractivity contribution in [3.05, 3.63) is 95.1 Å². The fourth-order valence-electron chi connectivity index (χ4n) is 2.59. The SMILES string of the molecule is Cc1cccc(C(=C2C=CC(=N)C=C2)c2ccc(N)cc2)c1. The predicted molar refractivity (Wildman–Crippen MR) is 94.1 cm³/mol. The molecule has 0 atom stereocenters. The maximum atomic E-state index is 7.68. The molecule has 2 aromatic carbocycles. The van der Waals surface area contributed by atoms with Crippen LogP contribution >= 0.6 is 0 Å². The van der Waals surface area contributed by atoms with Gasteiger partial charge in [0, 0.05) is 5.69 Å². The van der Waals surface area contributed by atoms with E-state index in [0.29, 0.717) is 5.71 Å². The second kappa shape index (κ2) is 5.86. The van der Waals surface area contributed by atoms with E-state index in [0.717, 1.165) is 22.4 Å². The highest BCUT2D eigenvalue weighted by Crippen LogP contribution is 2.30. The highest BCUT2D eigenvalue weighted by molar-refractivity contribution is 6.05. The van der Waals surface area contributed by atoms with Gasteiger partial charge in [0.2, 0.25) is 0 Å². The Bertz CT molecular complexity index is 788. The van der Waals surface area contributed by atoms with E-state index in [4.69, 9.17) is 11.1 Å². The quantitative estimate of drug-likeness (QED) is 0.783. The van der Waals surface area contributed by atoms with Crippen molar-refractivity contribution < 1.29 is 0 Å². The monoisotopic (exact) mass is 286 g/mol. The number of allylic oxidation sites excluding steroid dienone is 5. The van der Waals surface area contributed by atoms with E-state index in [9.17, 15) is 0 Å². The molecule has 0 saturated carbocycles. The Labute approximate surface area is 130 Å². The zero-order valence-corrected chi connectivity index (χ0v) is 12.5. The molecule has 2 nitrogen and oxygen atoms in total. The minimum atomic E-state index is 0.518. The van der Waals surface area contributed by atoms with Crippen LogP contribution in [0.1, 0.15) is 16.7 Å². The van der Waals surface area contributed by atoms with E-state index in [1.54, 1.807) is 0 Å². The third kappa shape index (κ3) is 2.91. The van der Waals surface area contributed by atoms with Crippen LogP contribution in [0.15, 0.2) is 78.4 Å². The van der Waals surface area contributed by atoms with E-state index in [1.807, 2.05) is 48.6 Å². The zero-order chi connectivity index (χ0) is 15.5. The Morgan fingerprint density at radius 1 is 0.864 bits per heavy atom. The van der Waals surface area contributed by atoms with Gasteiger partial charge in [0.25, 0.3) is 0 Å². The zero-order valence-electron chi connectivity index (χ0n) is 12.5. The van der Waals surface area contributed by atoms with Crippen LogP contribution < -0.4 is 5.73 Å². The van der Waals surface area contributed by atoms with Crippen LogP contribution in [-0.2, 0) is 0 Å². The second-order valence-electron chi connectivity index (χ2n) is 5.44. The lowest BCUT2D eigenvalue weighted by molar-refractivity contribution is 1.43.